The third-order valence-electron chi connectivity index (χ3n) is 1.87. The highest BCUT2D eigenvalue weighted by Crippen LogP contribution is 1.99. The van der Waals surface area contributed by atoms with Gasteiger partial charge >= 0.3 is 0 Å². The lowest BCUT2D eigenvalue weighted by atomic mass is 10.1. The molecular formula is C7H13N5O. The Bertz CT molecular complexity index is 258. The summed E-state index contributed by atoms with van der Waals surface area (Å²) < 4.78 is 0. The summed E-state index contributed by atoms with van der Waals surface area (Å²) >= 11 is 0. The van der Waals surface area contributed by atoms with Gasteiger partial charge in [0.05, 0.1) is 6.54 Å². The summed E-state index contributed by atoms with van der Waals surface area (Å²) in [6.45, 7) is 4.18. The molecule has 2 N–H and O–H groups in total. The lowest BCUT2D eigenvalue weighted by molar-refractivity contribution is -0.124. The highest BCUT2D eigenvalue weighted by atomic mass is 16.1. The molecule has 13 heavy (non-hydrogen) atoms. The van der Waals surface area contributed by atoms with Gasteiger partial charge < -0.3 is 5.32 Å². The summed E-state index contributed by atoms with van der Waals surface area (Å²) in [7, 11) is 0. The molecule has 1 aromatic rings. The number of H-pyrrole nitrogens is 1. The topological polar surface area (TPSA) is 83.6 Å². The molecular weight excluding hydrogens is 170 g/mol. The molecule has 0 aliphatic carbocycles. The van der Waals surface area contributed by atoms with Crippen LogP contribution in [-0.4, -0.2) is 26.5 Å². The molecule has 0 fully saturated rings. The van der Waals surface area contributed by atoms with E-state index in [1.165, 1.54) is 0 Å². The van der Waals surface area contributed by atoms with Gasteiger partial charge in [0, 0.05) is 5.92 Å². The van der Waals surface area contributed by atoms with Crippen molar-refractivity contribution in [1.29, 1.82) is 0 Å². The molecule has 1 unspecified atom stereocenters. The molecule has 1 aromatic heterocycles. The van der Waals surface area contributed by atoms with Gasteiger partial charge in [0.1, 0.15) is 0 Å². The molecule has 1 heterocycles. The number of aromatic amines is 1. The van der Waals surface area contributed by atoms with E-state index in [-0.39, 0.29) is 11.8 Å². The van der Waals surface area contributed by atoms with Gasteiger partial charge in [-0.25, -0.2) is 0 Å². The first-order valence-corrected chi connectivity index (χ1v) is 4.24. The number of hydrogen-bond donors (Lipinski definition) is 2. The van der Waals surface area contributed by atoms with Gasteiger partial charge in [-0.05, 0) is 6.42 Å². The van der Waals surface area contributed by atoms with Crippen LogP contribution in [0.2, 0.25) is 0 Å². The Kier molecular flexibility index (Phi) is 3.36. The van der Waals surface area contributed by atoms with E-state index < -0.39 is 0 Å². The second-order valence-electron chi connectivity index (χ2n) is 2.86. The van der Waals surface area contributed by atoms with Crippen molar-refractivity contribution in [3.05, 3.63) is 5.82 Å². The maximum atomic E-state index is 11.3. The average molecular weight is 183 g/mol. The number of carbonyl (C=O) groups excluding carboxylic acids is 1. The van der Waals surface area contributed by atoms with Crippen LogP contribution in [0, 0.1) is 5.92 Å². The van der Waals surface area contributed by atoms with Crippen molar-refractivity contribution in [3.63, 3.8) is 0 Å². The number of carbonyl (C=O) groups is 1. The van der Waals surface area contributed by atoms with Crippen LogP contribution in [0.5, 0.6) is 0 Å². The first-order chi connectivity index (χ1) is 6.24. The maximum absolute atomic E-state index is 11.3. The van der Waals surface area contributed by atoms with E-state index in [1.54, 1.807) is 0 Å². The minimum atomic E-state index is 0.0206. The van der Waals surface area contributed by atoms with Crippen LogP contribution in [-0.2, 0) is 11.3 Å². The van der Waals surface area contributed by atoms with Crippen molar-refractivity contribution in [2.24, 2.45) is 5.92 Å². The van der Waals surface area contributed by atoms with Gasteiger partial charge in [-0.3, -0.25) is 4.79 Å². The molecule has 1 atom stereocenters. The normalized spacial score (nSPS) is 12.5. The predicted octanol–water partition coefficient (Wildman–Crippen LogP) is -0.138. The molecule has 1 amide bonds. The number of amides is 1. The van der Waals surface area contributed by atoms with Gasteiger partial charge in [0.2, 0.25) is 5.91 Å². The molecule has 0 saturated carbocycles. The second kappa shape index (κ2) is 4.54. The number of nitrogens with one attached hydrogen (secondary N) is 2. The van der Waals surface area contributed by atoms with Gasteiger partial charge in [-0.2, -0.15) is 5.21 Å². The van der Waals surface area contributed by atoms with Gasteiger partial charge in [0.15, 0.2) is 5.82 Å². The van der Waals surface area contributed by atoms with E-state index in [0.717, 1.165) is 6.42 Å². The summed E-state index contributed by atoms with van der Waals surface area (Å²) in [5.41, 5.74) is 0. The zero-order valence-electron chi connectivity index (χ0n) is 7.74. The van der Waals surface area contributed by atoms with Crippen LogP contribution in [0.25, 0.3) is 0 Å². The zero-order chi connectivity index (χ0) is 9.68. The van der Waals surface area contributed by atoms with Crippen LogP contribution in [0.15, 0.2) is 0 Å². The standard InChI is InChI=1S/C7H13N5O/c1-3-5(2)7(13)8-4-6-9-11-12-10-6/h5H,3-4H2,1-2H3,(H,8,13)(H,9,10,11,12). The molecule has 0 bridgehead atoms. The minimum absolute atomic E-state index is 0.0206. The van der Waals surface area contributed by atoms with E-state index in [9.17, 15) is 4.79 Å². The zero-order valence-corrected chi connectivity index (χ0v) is 7.74. The third kappa shape index (κ3) is 2.81. The van der Waals surface area contributed by atoms with E-state index >= 15 is 0 Å². The molecule has 0 aliphatic rings. The van der Waals surface area contributed by atoms with Crippen LogP contribution in [0.4, 0.5) is 0 Å². The number of hydrogen-bond acceptors (Lipinski definition) is 4. The van der Waals surface area contributed by atoms with E-state index in [0.29, 0.717) is 12.4 Å². The Morgan fingerprint density at radius 1 is 1.69 bits per heavy atom. The van der Waals surface area contributed by atoms with Gasteiger partial charge in [-0.1, -0.05) is 19.1 Å². The van der Waals surface area contributed by atoms with E-state index in [4.69, 9.17) is 0 Å². The van der Waals surface area contributed by atoms with Gasteiger partial charge in [0.25, 0.3) is 0 Å². The fourth-order valence-electron chi connectivity index (χ4n) is 0.783. The molecule has 0 aromatic carbocycles. The Hall–Kier alpha value is -1.46. The fraction of sp³-hybridized carbons (Fsp3) is 0.714. The predicted molar refractivity (Wildman–Crippen MR) is 45.5 cm³/mol. The number of rotatable bonds is 4. The summed E-state index contributed by atoms with van der Waals surface area (Å²) in [5, 5.41) is 15.8. The summed E-state index contributed by atoms with van der Waals surface area (Å²) in [6.07, 6.45) is 0.831. The van der Waals surface area contributed by atoms with Crippen molar-refractivity contribution in [2.75, 3.05) is 0 Å². The fourth-order valence-corrected chi connectivity index (χ4v) is 0.783. The molecule has 6 nitrogen and oxygen atoms in total. The summed E-state index contributed by atoms with van der Waals surface area (Å²) in [6, 6.07) is 0. The van der Waals surface area contributed by atoms with E-state index in [2.05, 4.69) is 25.9 Å². The molecule has 72 valence electrons. The van der Waals surface area contributed by atoms with Crippen molar-refractivity contribution in [2.45, 2.75) is 26.8 Å². The van der Waals surface area contributed by atoms with Crippen LogP contribution in [0.1, 0.15) is 26.1 Å². The highest BCUT2D eigenvalue weighted by molar-refractivity contribution is 5.77. The molecule has 0 radical (unpaired) electrons. The lowest BCUT2D eigenvalue weighted by Gasteiger charge is -2.07. The Morgan fingerprint density at radius 2 is 2.46 bits per heavy atom. The number of nitrogens with zero attached hydrogens (tertiary/aromatic N) is 3. The van der Waals surface area contributed by atoms with E-state index in [1.807, 2.05) is 13.8 Å². The third-order valence-corrected chi connectivity index (χ3v) is 1.87. The highest BCUT2D eigenvalue weighted by Gasteiger charge is 2.10. The first-order valence-electron chi connectivity index (χ1n) is 4.24. The average Bonchev–Trinajstić information content (AvgIpc) is 2.65. The molecule has 0 spiro atoms. The van der Waals surface area contributed by atoms with Crippen LogP contribution >= 0.6 is 0 Å². The molecule has 1 rings (SSSR count). The summed E-state index contributed by atoms with van der Waals surface area (Å²) in [5.74, 6) is 0.552. The quantitative estimate of drug-likeness (QED) is 0.680. The first kappa shape index (κ1) is 9.63. The Morgan fingerprint density at radius 3 is 3.00 bits per heavy atom. The largest absolute Gasteiger partial charge is 0.348 e. The molecule has 0 aliphatic heterocycles. The smallest absolute Gasteiger partial charge is 0.223 e. The van der Waals surface area contributed by atoms with Crippen molar-refractivity contribution < 1.29 is 4.79 Å². The number of tetrazole rings is 1. The molecule has 0 saturated heterocycles. The number of aromatic nitrogens is 4. The monoisotopic (exact) mass is 183 g/mol. The van der Waals surface area contributed by atoms with Crippen molar-refractivity contribution in [1.82, 2.24) is 25.9 Å². The van der Waals surface area contributed by atoms with Gasteiger partial charge in [-0.15, -0.1) is 10.2 Å². The lowest BCUT2D eigenvalue weighted by Crippen LogP contribution is -2.28. The van der Waals surface area contributed by atoms with Crippen molar-refractivity contribution in [3.8, 4) is 0 Å². The van der Waals surface area contributed by atoms with Crippen LogP contribution < -0.4 is 5.32 Å². The summed E-state index contributed by atoms with van der Waals surface area (Å²) in [4.78, 5) is 11.3. The molecule has 6 heteroatoms. The Labute approximate surface area is 76.1 Å². The SMILES string of the molecule is CCC(C)C(=O)NCc1nn[nH]n1. The maximum Gasteiger partial charge on any atom is 0.223 e. The van der Waals surface area contributed by atoms with Crippen molar-refractivity contribution >= 4 is 5.91 Å². The second-order valence-corrected chi connectivity index (χ2v) is 2.86. The van der Waals surface area contributed by atoms with Crippen LogP contribution in [0.3, 0.4) is 0 Å². The Balaban J connectivity index is 2.31. The minimum Gasteiger partial charge on any atom is -0.348 e.